The second-order valence-electron chi connectivity index (χ2n) is 3.85. The van der Waals surface area contributed by atoms with Crippen LogP contribution in [0.5, 0.6) is 0 Å². The van der Waals surface area contributed by atoms with Crippen molar-refractivity contribution in [1.82, 2.24) is 4.72 Å². The highest BCUT2D eigenvalue weighted by atomic mass is 79.9. The van der Waals surface area contributed by atoms with E-state index in [1.807, 2.05) is 0 Å². The van der Waals surface area contributed by atoms with E-state index < -0.39 is 15.9 Å². The first kappa shape index (κ1) is 16.2. The first-order valence-corrected chi connectivity index (χ1v) is 7.85. The molecule has 0 aromatic heterocycles. The normalized spacial score (nSPS) is 14.4. The average molecular weight is 371 g/mol. The van der Waals surface area contributed by atoms with Crippen molar-refractivity contribution in [3.63, 3.8) is 0 Å². The third-order valence-corrected chi connectivity index (χ3v) is 5.04. The van der Waals surface area contributed by atoms with Gasteiger partial charge in [-0.3, -0.25) is 0 Å². The van der Waals surface area contributed by atoms with Gasteiger partial charge in [0.25, 0.3) is 0 Å². The SMILES string of the molecule is CC(CNS(=O)(=O)c1ccc(Cl)c(Br)c1)/C(N)=N/O. The molecule has 0 heterocycles. The van der Waals surface area contributed by atoms with Crippen LogP contribution >= 0.6 is 27.5 Å². The minimum atomic E-state index is -3.67. The molecule has 0 saturated heterocycles. The standard InChI is InChI=1S/C10H13BrClN3O3S/c1-6(10(13)15-16)5-14-19(17,18)7-2-3-9(12)8(11)4-7/h2-4,6,14,16H,5H2,1H3,(H2,13,15). The van der Waals surface area contributed by atoms with E-state index in [4.69, 9.17) is 22.5 Å². The molecular weight excluding hydrogens is 358 g/mol. The summed E-state index contributed by atoms with van der Waals surface area (Å²) in [5.41, 5.74) is 5.37. The molecule has 0 aliphatic carbocycles. The van der Waals surface area contributed by atoms with Crippen molar-refractivity contribution in [2.24, 2.45) is 16.8 Å². The lowest BCUT2D eigenvalue weighted by atomic mass is 10.2. The van der Waals surface area contributed by atoms with E-state index in [1.165, 1.54) is 18.2 Å². The molecular formula is C10H13BrClN3O3S. The Kier molecular flexibility index (Phi) is 5.60. The minimum Gasteiger partial charge on any atom is -0.409 e. The second-order valence-corrected chi connectivity index (χ2v) is 6.88. The number of oxime groups is 1. The van der Waals surface area contributed by atoms with E-state index >= 15 is 0 Å². The van der Waals surface area contributed by atoms with Crippen LogP contribution in [0.1, 0.15) is 6.92 Å². The number of rotatable bonds is 5. The molecule has 0 radical (unpaired) electrons. The molecule has 1 atom stereocenters. The Morgan fingerprint density at radius 3 is 2.79 bits per heavy atom. The highest BCUT2D eigenvalue weighted by Crippen LogP contribution is 2.25. The van der Waals surface area contributed by atoms with Gasteiger partial charge in [0.15, 0.2) is 0 Å². The zero-order valence-electron chi connectivity index (χ0n) is 9.97. The summed E-state index contributed by atoms with van der Waals surface area (Å²) >= 11 is 8.95. The van der Waals surface area contributed by atoms with Crippen LogP contribution in [0.4, 0.5) is 0 Å². The number of nitrogens with zero attached hydrogens (tertiary/aromatic N) is 1. The van der Waals surface area contributed by atoms with Crippen molar-refractivity contribution >= 4 is 43.4 Å². The summed E-state index contributed by atoms with van der Waals surface area (Å²) in [6.45, 7) is 1.66. The van der Waals surface area contributed by atoms with Gasteiger partial charge in [-0.2, -0.15) is 0 Å². The maximum absolute atomic E-state index is 12.0. The number of amidine groups is 1. The van der Waals surface area contributed by atoms with Crippen molar-refractivity contribution in [3.05, 3.63) is 27.7 Å². The quantitative estimate of drug-likeness (QED) is 0.318. The summed E-state index contributed by atoms with van der Waals surface area (Å²) < 4.78 is 26.8. The minimum absolute atomic E-state index is 0.0263. The van der Waals surface area contributed by atoms with E-state index in [9.17, 15) is 8.42 Å². The van der Waals surface area contributed by atoms with Crippen molar-refractivity contribution in [2.75, 3.05) is 6.54 Å². The summed E-state index contributed by atoms with van der Waals surface area (Å²) in [4.78, 5) is 0.0792. The predicted octanol–water partition coefficient (Wildman–Crippen LogP) is 1.76. The second kappa shape index (κ2) is 6.56. The van der Waals surface area contributed by atoms with Gasteiger partial charge >= 0.3 is 0 Å². The van der Waals surface area contributed by atoms with Crippen LogP contribution in [0, 0.1) is 5.92 Å². The largest absolute Gasteiger partial charge is 0.409 e. The van der Waals surface area contributed by atoms with Gasteiger partial charge in [0.1, 0.15) is 5.84 Å². The molecule has 0 spiro atoms. The molecule has 0 bridgehead atoms. The van der Waals surface area contributed by atoms with Gasteiger partial charge in [-0.25, -0.2) is 13.1 Å². The zero-order chi connectivity index (χ0) is 14.6. The fraction of sp³-hybridized carbons (Fsp3) is 0.300. The van der Waals surface area contributed by atoms with E-state index in [0.717, 1.165) is 0 Å². The van der Waals surface area contributed by atoms with Gasteiger partial charge in [-0.05, 0) is 34.1 Å². The van der Waals surface area contributed by atoms with Crippen LogP contribution in [-0.2, 0) is 10.0 Å². The highest BCUT2D eigenvalue weighted by Gasteiger charge is 2.17. The molecule has 0 aliphatic rings. The lowest BCUT2D eigenvalue weighted by molar-refractivity contribution is 0.314. The van der Waals surface area contributed by atoms with Gasteiger partial charge in [0.05, 0.1) is 9.92 Å². The molecule has 1 unspecified atom stereocenters. The fourth-order valence-electron chi connectivity index (χ4n) is 1.17. The fourth-order valence-corrected chi connectivity index (χ4v) is 2.97. The molecule has 19 heavy (non-hydrogen) atoms. The first-order valence-electron chi connectivity index (χ1n) is 5.20. The molecule has 1 aromatic rings. The van der Waals surface area contributed by atoms with Crippen LogP contribution in [0.2, 0.25) is 5.02 Å². The Morgan fingerprint density at radius 2 is 2.26 bits per heavy atom. The number of hydrogen-bond donors (Lipinski definition) is 3. The lowest BCUT2D eigenvalue weighted by Gasteiger charge is -2.12. The molecule has 4 N–H and O–H groups in total. The molecule has 0 aliphatic heterocycles. The Labute approximate surface area is 124 Å². The summed E-state index contributed by atoms with van der Waals surface area (Å²) in [5, 5.41) is 11.7. The van der Waals surface area contributed by atoms with Crippen molar-refractivity contribution < 1.29 is 13.6 Å². The Hall–Kier alpha value is -0.830. The Bertz CT molecular complexity index is 592. The number of benzene rings is 1. The molecule has 0 fully saturated rings. The van der Waals surface area contributed by atoms with Crippen LogP contribution < -0.4 is 10.5 Å². The van der Waals surface area contributed by atoms with Gasteiger partial charge in [-0.1, -0.05) is 23.7 Å². The van der Waals surface area contributed by atoms with Crippen LogP contribution in [-0.4, -0.2) is 26.0 Å². The van der Waals surface area contributed by atoms with Crippen molar-refractivity contribution in [2.45, 2.75) is 11.8 Å². The van der Waals surface area contributed by atoms with Gasteiger partial charge in [-0.15, -0.1) is 0 Å². The third kappa shape index (κ3) is 4.34. The lowest BCUT2D eigenvalue weighted by Crippen LogP contribution is -2.34. The Balaban J connectivity index is 2.84. The number of nitrogens with two attached hydrogens (primary N) is 1. The molecule has 9 heteroatoms. The van der Waals surface area contributed by atoms with Gasteiger partial charge in [0.2, 0.25) is 10.0 Å². The molecule has 106 valence electrons. The summed E-state index contributed by atoms with van der Waals surface area (Å²) in [5.74, 6) is -0.462. The summed E-state index contributed by atoms with van der Waals surface area (Å²) in [6.07, 6.45) is 0. The first-order chi connectivity index (χ1) is 8.77. The number of halogens is 2. The molecule has 1 rings (SSSR count). The monoisotopic (exact) mass is 369 g/mol. The van der Waals surface area contributed by atoms with Crippen molar-refractivity contribution in [1.29, 1.82) is 0 Å². The smallest absolute Gasteiger partial charge is 0.240 e. The van der Waals surface area contributed by atoms with Crippen LogP contribution in [0.25, 0.3) is 0 Å². The Morgan fingerprint density at radius 1 is 1.63 bits per heavy atom. The van der Waals surface area contributed by atoms with Crippen LogP contribution in [0.15, 0.2) is 32.7 Å². The predicted molar refractivity (Wildman–Crippen MR) is 76.9 cm³/mol. The number of sulfonamides is 1. The topological polar surface area (TPSA) is 105 Å². The summed E-state index contributed by atoms with van der Waals surface area (Å²) in [7, 11) is -3.67. The third-order valence-electron chi connectivity index (χ3n) is 2.40. The summed E-state index contributed by atoms with van der Waals surface area (Å²) in [6, 6.07) is 4.27. The van der Waals surface area contributed by atoms with E-state index in [1.54, 1.807) is 6.92 Å². The van der Waals surface area contributed by atoms with Gasteiger partial charge < -0.3 is 10.9 Å². The van der Waals surface area contributed by atoms with E-state index in [0.29, 0.717) is 9.50 Å². The van der Waals surface area contributed by atoms with E-state index in [-0.39, 0.29) is 17.3 Å². The van der Waals surface area contributed by atoms with E-state index in [2.05, 4.69) is 25.8 Å². The average Bonchev–Trinajstić information content (AvgIpc) is 2.38. The van der Waals surface area contributed by atoms with Crippen LogP contribution in [0.3, 0.4) is 0 Å². The molecule has 1 aromatic carbocycles. The number of nitrogens with one attached hydrogen (secondary N) is 1. The molecule has 6 nitrogen and oxygen atoms in total. The highest BCUT2D eigenvalue weighted by molar-refractivity contribution is 9.10. The maximum atomic E-state index is 12.0. The molecule has 0 saturated carbocycles. The maximum Gasteiger partial charge on any atom is 0.240 e. The zero-order valence-corrected chi connectivity index (χ0v) is 13.1. The number of hydrogen-bond acceptors (Lipinski definition) is 4. The molecule has 0 amide bonds. The van der Waals surface area contributed by atoms with Gasteiger partial charge in [0, 0.05) is 16.9 Å². The van der Waals surface area contributed by atoms with Crippen molar-refractivity contribution in [3.8, 4) is 0 Å².